The fourth-order valence-corrected chi connectivity index (χ4v) is 3.28. The summed E-state index contributed by atoms with van der Waals surface area (Å²) < 4.78 is 38.8. The Hall–Kier alpha value is -2.63. The second-order valence-corrected chi connectivity index (χ2v) is 6.20. The highest BCUT2D eigenvalue weighted by atomic mass is 19.4. The van der Waals surface area contributed by atoms with Crippen molar-refractivity contribution in [3.63, 3.8) is 0 Å². The predicted octanol–water partition coefficient (Wildman–Crippen LogP) is 4.92. The van der Waals surface area contributed by atoms with Crippen LogP contribution in [0.2, 0.25) is 0 Å². The van der Waals surface area contributed by atoms with E-state index >= 15 is 0 Å². The van der Waals surface area contributed by atoms with E-state index in [9.17, 15) is 13.2 Å². The molecule has 1 aromatic heterocycles. The highest BCUT2D eigenvalue weighted by molar-refractivity contribution is 5.92. The van der Waals surface area contributed by atoms with Gasteiger partial charge in [0.1, 0.15) is 12.1 Å². The first kappa shape index (κ1) is 15.9. The molecule has 4 rings (SSSR count). The van der Waals surface area contributed by atoms with E-state index in [4.69, 9.17) is 0 Å². The summed E-state index contributed by atoms with van der Waals surface area (Å²) in [5.74, 6) is 0.901. The molecular formula is C19H16F3N3. The minimum atomic E-state index is -4.35. The Labute approximate surface area is 143 Å². The Morgan fingerprint density at radius 1 is 0.880 bits per heavy atom. The van der Waals surface area contributed by atoms with Gasteiger partial charge in [-0.25, -0.2) is 9.97 Å². The van der Waals surface area contributed by atoms with Crippen LogP contribution in [0.25, 0.3) is 22.0 Å². The molecule has 0 unspecified atom stereocenters. The van der Waals surface area contributed by atoms with Crippen molar-refractivity contribution in [2.75, 3.05) is 18.0 Å². The summed E-state index contributed by atoms with van der Waals surface area (Å²) in [5, 5.41) is 0.931. The topological polar surface area (TPSA) is 29.0 Å². The first-order chi connectivity index (χ1) is 12.0. The third-order valence-electron chi connectivity index (χ3n) is 4.54. The van der Waals surface area contributed by atoms with Crippen LogP contribution in [0.15, 0.2) is 48.8 Å². The largest absolute Gasteiger partial charge is 0.416 e. The zero-order valence-corrected chi connectivity index (χ0v) is 13.4. The van der Waals surface area contributed by atoms with Gasteiger partial charge in [0.25, 0.3) is 0 Å². The Bertz CT molecular complexity index is 915. The van der Waals surface area contributed by atoms with Gasteiger partial charge in [0.15, 0.2) is 0 Å². The van der Waals surface area contributed by atoms with Gasteiger partial charge in [-0.1, -0.05) is 18.2 Å². The number of benzene rings is 2. The average Bonchev–Trinajstić information content (AvgIpc) is 3.14. The van der Waals surface area contributed by atoms with E-state index in [2.05, 4.69) is 14.9 Å². The first-order valence-corrected chi connectivity index (χ1v) is 8.20. The van der Waals surface area contributed by atoms with Crippen LogP contribution in [0, 0.1) is 0 Å². The zero-order chi connectivity index (χ0) is 17.4. The summed E-state index contributed by atoms with van der Waals surface area (Å²) >= 11 is 0. The van der Waals surface area contributed by atoms with Crippen molar-refractivity contribution in [1.82, 2.24) is 9.97 Å². The van der Waals surface area contributed by atoms with E-state index in [0.29, 0.717) is 11.1 Å². The molecule has 1 aliphatic rings. The second kappa shape index (κ2) is 6.02. The van der Waals surface area contributed by atoms with Gasteiger partial charge < -0.3 is 4.90 Å². The number of fused-ring (bicyclic) bond motifs is 1. The lowest BCUT2D eigenvalue weighted by molar-refractivity contribution is -0.137. The normalized spacial score (nSPS) is 15.1. The Morgan fingerprint density at radius 3 is 2.40 bits per heavy atom. The van der Waals surface area contributed by atoms with E-state index < -0.39 is 11.7 Å². The molecule has 1 fully saturated rings. The van der Waals surface area contributed by atoms with Crippen LogP contribution in [0.3, 0.4) is 0 Å². The van der Waals surface area contributed by atoms with Gasteiger partial charge in [-0.05, 0) is 48.2 Å². The fourth-order valence-electron chi connectivity index (χ4n) is 3.28. The minimum Gasteiger partial charge on any atom is -0.356 e. The number of anilines is 1. The summed E-state index contributed by atoms with van der Waals surface area (Å²) in [6.07, 6.45) is -0.536. The molecular weight excluding hydrogens is 327 g/mol. The molecule has 0 amide bonds. The van der Waals surface area contributed by atoms with Gasteiger partial charge in [-0.3, -0.25) is 0 Å². The fraction of sp³-hybridized carbons (Fsp3) is 0.263. The van der Waals surface area contributed by atoms with Crippen molar-refractivity contribution in [2.24, 2.45) is 0 Å². The van der Waals surface area contributed by atoms with Crippen molar-refractivity contribution >= 4 is 16.7 Å². The molecule has 2 heterocycles. The standard InChI is InChI=1S/C19H16F3N3/c20-19(21,22)15-5-3-4-13(10-15)14-6-7-16-17(11-14)23-12-24-18(16)25-8-1-2-9-25/h3-7,10-12H,1-2,8-9H2. The van der Waals surface area contributed by atoms with E-state index in [0.717, 1.165) is 48.7 Å². The van der Waals surface area contributed by atoms with Crippen molar-refractivity contribution in [2.45, 2.75) is 19.0 Å². The lowest BCUT2D eigenvalue weighted by Crippen LogP contribution is -2.19. The number of halogens is 3. The van der Waals surface area contributed by atoms with Crippen LogP contribution in [0.1, 0.15) is 18.4 Å². The number of alkyl halides is 3. The van der Waals surface area contributed by atoms with Crippen LogP contribution >= 0.6 is 0 Å². The van der Waals surface area contributed by atoms with Crippen molar-refractivity contribution in [3.05, 3.63) is 54.4 Å². The highest BCUT2D eigenvalue weighted by Gasteiger charge is 2.30. The molecule has 0 spiro atoms. The van der Waals surface area contributed by atoms with Gasteiger partial charge in [0.2, 0.25) is 0 Å². The highest BCUT2D eigenvalue weighted by Crippen LogP contribution is 2.34. The lowest BCUT2D eigenvalue weighted by atomic mass is 10.0. The number of hydrogen-bond acceptors (Lipinski definition) is 3. The molecule has 0 saturated carbocycles. The molecule has 1 aliphatic heterocycles. The van der Waals surface area contributed by atoms with Crippen LogP contribution in [-0.2, 0) is 6.18 Å². The van der Waals surface area contributed by atoms with E-state index in [1.807, 2.05) is 18.2 Å². The maximum Gasteiger partial charge on any atom is 0.416 e. The van der Waals surface area contributed by atoms with Crippen molar-refractivity contribution in [1.29, 1.82) is 0 Å². The average molecular weight is 343 g/mol. The predicted molar refractivity (Wildman–Crippen MR) is 91.4 cm³/mol. The zero-order valence-electron chi connectivity index (χ0n) is 13.4. The van der Waals surface area contributed by atoms with E-state index in [1.165, 1.54) is 18.5 Å². The van der Waals surface area contributed by atoms with Gasteiger partial charge >= 0.3 is 6.18 Å². The van der Waals surface area contributed by atoms with Crippen LogP contribution in [0.5, 0.6) is 0 Å². The minimum absolute atomic E-state index is 0.526. The molecule has 3 nitrogen and oxygen atoms in total. The van der Waals surface area contributed by atoms with Crippen molar-refractivity contribution < 1.29 is 13.2 Å². The summed E-state index contributed by atoms with van der Waals surface area (Å²) in [5.41, 5.74) is 1.33. The SMILES string of the molecule is FC(F)(F)c1cccc(-c2ccc3c(N4CCCC4)ncnc3c2)c1. The summed E-state index contributed by atoms with van der Waals surface area (Å²) in [7, 11) is 0. The Morgan fingerprint density at radius 2 is 1.64 bits per heavy atom. The Kier molecular flexibility index (Phi) is 3.82. The number of rotatable bonds is 2. The molecule has 3 aromatic rings. The number of aromatic nitrogens is 2. The molecule has 0 N–H and O–H groups in total. The molecule has 0 radical (unpaired) electrons. The van der Waals surface area contributed by atoms with Gasteiger partial charge in [0.05, 0.1) is 11.1 Å². The molecule has 2 aromatic carbocycles. The molecule has 0 atom stereocenters. The van der Waals surface area contributed by atoms with Gasteiger partial charge in [-0.2, -0.15) is 13.2 Å². The quantitative estimate of drug-likeness (QED) is 0.662. The van der Waals surface area contributed by atoms with E-state index in [-0.39, 0.29) is 0 Å². The smallest absolute Gasteiger partial charge is 0.356 e. The second-order valence-electron chi connectivity index (χ2n) is 6.20. The van der Waals surface area contributed by atoms with Crippen LogP contribution in [-0.4, -0.2) is 23.1 Å². The van der Waals surface area contributed by atoms with Crippen molar-refractivity contribution in [3.8, 4) is 11.1 Å². The Balaban J connectivity index is 1.77. The molecule has 0 bridgehead atoms. The lowest BCUT2D eigenvalue weighted by Gasteiger charge is -2.18. The van der Waals surface area contributed by atoms with Gasteiger partial charge in [0, 0.05) is 18.5 Å². The maximum absolute atomic E-state index is 12.9. The first-order valence-electron chi connectivity index (χ1n) is 8.20. The maximum atomic E-state index is 12.9. The molecule has 0 aliphatic carbocycles. The van der Waals surface area contributed by atoms with Crippen LogP contribution < -0.4 is 4.90 Å². The molecule has 128 valence electrons. The molecule has 6 heteroatoms. The van der Waals surface area contributed by atoms with Crippen LogP contribution in [0.4, 0.5) is 19.0 Å². The number of nitrogens with zero attached hydrogens (tertiary/aromatic N) is 3. The molecule has 25 heavy (non-hydrogen) atoms. The number of hydrogen-bond donors (Lipinski definition) is 0. The summed E-state index contributed by atoms with van der Waals surface area (Å²) in [6.45, 7) is 1.95. The monoisotopic (exact) mass is 343 g/mol. The molecule has 1 saturated heterocycles. The summed E-state index contributed by atoms with van der Waals surface area (Å²) in [4.78, 5) is 10.9. The third kappa shape index (κ3) is 3.04. The van der Waals surface area contributed by atoms with Gasteiger partial charge in [-0.15, -0.1) is 0 Å². The summed E-state index contributed by atoms with van der Waals surface area (Å²) in [6, 6.07) is 10.9. The third-order valence-corrected chi connectivity index (χ3v) is 4.54. The van der Waals surface area contributed by atoms with E-state index in [1.54, 1.807) is 6.07 Å².